The zero-order valence-electron chi connectivity index (χ0n) is 35.7. The summed E-state index contributed by atoms with van der Waals surface area (Å²) in [4.78, 5) is 96.9. The summed E-state index contributed by atoms with van der Waals surface area (Å²) in [6.07, 6.45) is 4.16. The molecule has 1 aliphatic rings. The fourth-order valence-corrected chi connectivity index (χ4v) is 7.37. The number of imidazole rings is 1. The quantitative estimate of drug-likeness (QED) is 0.0525. The third-order valence-corrected chi connectivity index (χ3v) is 10.7. The van der Waals surface area contributed by atoms with Crippen LogP contribution >= 0.6 is 0 Å². The average Bonchev–Trinajstić information content (AvgIpc) is 3.79. The van der Waals surface area contributed by atoms with E-state index in [0.717, 1.165) is 35.0 Å². The van der Waals surface area contributed by atoms with Crippen LogP contribution in [0.5, 0.6) is 0 Å². The van der Waals surface area contributed by atoms with Gasteiger partial charge in [0.15, 0.2) is 18.0 Å². The maximum Gasteiger partial charge on any atom is 0.419 e. The molecule has 1 fully saturated rings. The highest BCUT2D eigenvalue weighted by Crippen LogP contribution is 2.27. The average molecular weight is 876 g/mol. The van der Waals surface area contributed by atoms with Crippen LogP contribution in [-0.2, 0) is 53.1 Å². The number of hydrogen-bond acceptors (Lipinski definition) is 11. The van der Waals surface area contributed by atoms with Gasteiger partial charge in [0.1, 0.15) is 31.6 Å². The summed E-state index contributed by atoms with van der Waals surface area (Å²) in [5, 5.41) is 24.1. The molecule has 1 heterocycles. The van der Waals surface area contributed by atoms with E-state index in [0.29, 0.717) is 24.8 Å². The predicted molar refractivity (Wildman–Crippen MR) is 234 cm³/mol. The molecule has 2 unspecified atom stereocenters. The van der Waals surface area contributed by atoms with Gasteiger partial charge in [-0.15, -0.1) is 0 Å². The van der Waals surface area contributed by atoms with Gasteiger partial charge < -0.3 is 41.2 Å². The minimum atomic E-state index is -1.86. The molecule has 0 saturated heterocycles. The van der Waals surface area contributed by atoms with Crippen molar-refractivity contribution in [2.45, 2.75) is 102 Å². The van der Waals surface area contributed by atoms with Crippen LogP contribution < -0.4 is 26.6 Å². The monoisotopic (exact) mass is 875 g/mol. The Labute approximate surface area is 372 Å². The first-order chi connectivity index (χ1) is 30.9. The van der Waals surface area contributed by atoms with E-state index in [2.05, 4.69) is 31.6 Å². The van der Waals surface area contributed by atoms with Crippen LogP contribution in [0.25, 0.3) is 0 Å². The van der Waals surface area contributed by atoms with Crippen LogP contribution in [0, 0.1) is 5.92 Å². The molecule has 0 spiro atoms. The molecule has 4 aromatic rings. The largest absolute Gasteiger partial charge is 0.459 e. The summed E-state index contributed by atoms with van der Waals surface area (Å²) >= 11 is 0. The Morgan fingerprint density at radius 2 is 1.38 bits per heavy atom. The van der Waals surface area contributed by atoms with Crippen molar-refractivity contribution in [3.8, 4) is 0 Å². The molecule has 1 saturated carbocycles. The third kappa shape index (κ3) is 14.9. The highest BCUT2D eigenvalue weighted by molar-refractivity contribution is 6.57. The number of carbonyl (C=O) groups excluding carboxylic acids is 7. The molecule has 5 amide bonds. The van der Waals surface area contributed by atoms with E-state index >= 15 is 0 Å². The highest BCUT2D eigenvalue weighted by atomic mass is 16.5. The normalized spacial score (nSPS) is 14.9. The number of nitrogens with one attached hydrogen (secondary N) is 5. The van der Waals surface area contributed by atoms with Crippen molar-refractivity contribution in [1.82, 2.24) is 36.1 Å². The van der Waals surface area contributed by atoms with Gasteiger partial charge in [-0.2, -0.15) is 0 Å². The number of benzene rings is 3. The van der Waals surface area contributed by atoms with E-state index in [9.17, 15) is 38.7 Å². The van der Waals surface area contributed by atoms with Gasteiger partial charge in [0.05, 0.1) is 18.3 Å². The summed E-state index contributed by atoms with van der Waals surface area (Å²) in [7, 11) is 5.47. The minimum Gasteiger partial charge on any atom is -0.459 e. The summed E-state index contributed by atoms with van der Waals surface area (Å²) in [5.41, 5.74) is 2.16. The maximum absolute atomic E-state index is 14.1. The van der Waals surface area contributed by atoms with E-state index in [1.807, 2.05) is 24.3 Å². The van der Waals surface area contributed by atoms with Gasteiger partial charge in [-0.1, -0.05) is 124 Å². The number of aromatic nitrogens is 2. The number of ether oxygens (including phenoxy) is 2. The van der Waals surface area contributed by atoms with Gasteiger partial charge in [-0.25, -0.2) is 19.1 Å². The summed E-state index contributed by atoms with van der Waals surface area (Å²) in [6, 6.07) is 21.6. The second-order valence-corrected chi connectivity index (χ2v) is 15.5. The van der Waals surface area contributed by atoms with Gasteiger partial charge in [-0.05, 0) is 41.9 Å². The zero-order valence-corrected chi connectivity index (χ0v) is 35.7. The first kappa shape index (κ1) is 48.2. The van der Waals surface area contributed by atoms with Crippen molar-refractivity contribution in [2.24, 2.45) is 5.92 Å². The fourth-order valence-electron chi connectivity index (χ4n) is 7.37. The molecule has 1 aliphatic carbocycles. The van der Waals surface area contributed by atoms with Crippen molar-refractivity contribution in [2.75, 3.05) is 6.54 Å². The summed E-state index contributed by atoms with van der Waals surface area (Å²) in [6.45, 7) is 1.10. The standard InChI is InChI=1S/C46H54BN7O10/c1-2-15-35(40(56)43(59)48-25-37(55)52-39(33-22-13-6-14-23-33)44(60)63-27-30-16-7-3-8-17-30)50-41(57)36(51-42(58)38(53-45(47)61)32-20-11-5-12-21-32)24-34-26-54(29-49-34)46(62)64-28-31-18-9-4-10-19-31/h3-4,6-10,13-14,16-19,22-23,26,29,32,35-36,38-40,56H,2,5,11-12,15,20-21,24-25,27-28H2,1H3,(H,48,59)(H,50,57)(H,51,58)(H,52,55)(H,53,61)/t35?,36-,38-,39-,40?/m0/s1. The molecule has 2 radical (unpaired) electrons. The van der Waals surface area contributed by atoms with Gasteiger partial charge >= 0.3 is 12.1 Å². The lowest BCUT2D eigenvalue weighted by atomic mass is 9.83. The minimum absolute atomic E-state index is 0.00111. The Bertz CT molecular complexity index is 2170. The van der Waals surface area contributed by atoms with Crippen molar-refractivity contribution >= 4 is 49.3 Å². The van der Waals surface area contributed by atoms with Crippen LogP contribution in [0.15, 0.2) is 104 Å². The number of esters is 1. The van der Waals surface area contributed by atoms with Gasteiger partial charge in [-0.3, -0.25) is 24.0 Å². The molecule has 18 heteroatoms. The second kappa shape index (κ2) is 24.7. The smallest absolute Gasteiger partial charge is 0.419 e. The molecular formula is C46H54BN7O10. The van der Waals surface area contributed by atoms with E-state index in [4.69, 9.17) is 17.3 Å². The highest BCUT2D eigenvalue weighted by Gasteiger charge is 2.35. The number of nitrogens with zero attached hydrogens (tertiary/aromatic N) is 2. The first-order valence-electron chi connectivity index (χ1n) is 21.3. The predicted octanol–water partition coefficient (Wildman–Crippen LogP) is 3.29. The van der Waals surface area contributed by atoms with E-state index in [1.54, 1.807) is 73.7 Å². The van der Waals surface area contributed by atoms with Crippen LogP contribution in [0.2, 0.25) is 0 Å². The number of rotatable bonds is 21. The lowest BCUT2D eigenvalue weighted by molar-refractivity contribution is -0.149. The Morgan fingerprint density at radius 3 is 1.98 bits per heavy atom. The number of carbonyl (C=O) groups is 7. The molecule has 64 heavy (non-hydrogen) atoms. The van der Waals surface area contributed by atoms with Crippen molar-refractivity contribution in [3.05, 3.63) is 126 Å². The Morgan fingerprint density at radius 1 is 0.766 bits per heavy atom. The lowest BCUT2D eigenvalue weighted by Crippen LogP contribution is -2.59. The summed E-state index contributed by atoms with van der Waals surface area (Å²) in [5.74, 6) is -5.13. The van der Waals surface area contributed by atoms with Gasteiger partial charge in [0, 0.05) is 12.6 Å². The first-order valence-corrected chi connectivity index (χ1v) is 21.3. The Hall–Kier alpha value is -6.82. The molecule has 336 valence electrons. The molecule has 3 aromatic carbocycles. The van der Waals surface area contributed by atoms with Crippen molar-refractivity contribution in [1.29, 1.82) is 0 Å². The Balaban J connectivity index is 1.26. The SMILES string of the molecule is [B]C(=O)N[C@H](C(=O)N[C@@H](Cc1cn(C(=O)OCc2ccccc2)cn1)C(=O)NC(CCC)C(O)C(=O)NCC(=O)N[C@H](C(=O)OCc1ccccc1)c1ccccc1)C1CCCCC1. The van der Waals surface area contributed by atoms with Crippen LogP contribution in [0.3, 0.4) is 0 Å². The molecule has 6 N–H and O–H groups in total. The molecule has 0 bridgehead atoms. The van der Waals surface area contributed by atoms with Crippen LogP contribution in [0.1, 0.15) is 80.3 Å². The second-order valence-electron chi connectivity index (χ2n) is 15.5. The van der Waals surface area contributed by atoms with Gasteiger partial charge in [0.2, 0.25) is 25.6 Å². The zero-order chi connectivity index (χ0) is 45.8. The van der Waals surface area contributed by atoms with Gasteiger partial charge in [0.25, 0.3) is 5.91 Å². The van der Waals surface area contributed by atoms with E-state index in [-0.39, 0.29) is 37.7 Å². The Kier molecular flexibility index (Phi) is 18.6. The van der Waals surface area contributed by atoms with Crippen LogP contribution in [0.4, 0.5) is 9.59 Å². The molecule has 0 aliphatic heterocycles. The van der Waals surface area contributed by atoms with E-state index in [1.165, 1.54) is 12.5 Å². The van der Waals surface area contributed by atoms with Crippen molar-refractivity contribution < 1.29 is 48.1 Å². The maximum atomic E-state index is 14.1. The number of aliphatic hydroxyl groups is 1. The molecule has 17 nitrogen and oxygen atoms in total. The molecule has 5 atom stereocenters. The number of aliphatic hydroxyl groups excluding tert-OH is 1. The molecule has 1 aromatic heterocycles. The molecule has 5 rings (SSSR count). The topological polar surface area (TPSA) is 236 Å². The fraction of sp³-hybridized carbons (Fsp3) is 0.391. The third-order valence-electron chi connectivity index (χ3n) is 10.7. The number of amides is 5. The molecular weight excluding hydrogens is 821 g/mol. The van der Waals surface area contributed by atoms with Crippen LogP contribution in [-0.4, -0.2) is 94.8 Å². The lowest BCUT2D eigenvalue weighted by Gasteiger charge is -2.31. The van der Waals surface area contributed by atoms with E-state index < -0.39 is 78.3 Å². The summed E-state index contributed by atoms with van der Waals surface area (Å²) < 4.78 is 12.0. The van der Waals surface area contributed by atoms with Crippen molar-refractivity contribution in [3.63, 3.8) is 0 Å². The number of hydrogen-bond donors (Lipinski definition) is 6.